The van der Waals surface area contributed by atoms with Crippen LogP contribution in [0.4, 0.5) is 16.3 Å². The summed E-state index contributed by atoms with van der Waals surface area (Å²) in [6.07, 6.45) is 0. The van der Waals surface area contributed by atoms with Gasteiger partial charge in [-0.15, -0.1) is 4.91 Å². The van der Waals surface area contributed by atoms with E-state index in [1.165, 1.54) is 18.2 Å². The van der Waals surface area contributed by atoms with Crippen molar-refractivity contribution in [3.05, 3.63) is 40.8 Å². The number of nitrogens with two attached hydrogens (primary N) is 2. The Bertz CT molecular complexity index is 692. The molecule has 1 heterocycles. The lowest BCUT2D eigenvalue weighted by Crippen LogP contribution is -2.22. The van der Waals surface area contributed by atoms with E-state index in [1.807, 2.05) is 0 Å². The topological polar surface area (TPSA) is 143 Å². The summed E-state index contributed by atoms with van der Waals surface area (Å²) in [5, 5.41) is 5.09. The zero-order valence-corrected chi connectivity index (χ0v) is 10.2. The molecule has 0 aliphatic heterocycles. The fraction of sp³-hybridized carbons (Fsp3) is 0. The summed E-state index contributed by atoms with van der Waals surface area (Å²) in [5.41, 5.74) is 11.7. The number of hydrogen-bond acceptors (Lipinski definition) is 4. The average Bonchev–Trinajstić information content (AvgIpc) is 2.82. The molecule has 0 radical (unpaired) electrons. The second-order valence-corrected chi connectivity index (χ2v) is 3.97. The van der Waals surface area contributed by atoms with E-state index in [-0.39, 0.29) is 17.1 Å². The number of carbonyl (C=O) groups is 2. The van der Waals surface area contributed by atoms with E-state index in [0.29, 0.717) is 11.3 Å². The Balaban J connectivity index is 2.49. The highest BCUT2D eigenvalue weighted by Crippen LogP contribution is 2.27. The Morgan fingerprint density at radius 1 is 1.20 bits per heavy atom. The third-order valence-corrected chi connectivity index (χ3v) is 2.59. The Morgan fingerprint density at radius 2 is 1.95 bits per heavy atom. The summed E-state index contributed by atoms with van der Waals surface area (Å²) in [6.45, 7) is 0. The quantitative estimate of drug-likeness (QED) is 0.629. The van der Waals surface area contributed by atoms with Gasteiger partial charge in [-0.3, -0.25) is 10.1 Å². The minimum atomic E-state index is -0.829. The van der Waals surface area contributed by atoms with Gasteiger partial charge >= 0.3 is 6.03 Å². The van der Waals surface area contributed by atoms with Crippen LogP contribution in [0.15, 0.2) is 35.5 Å². The van der Waals surface area contributed by atoms with Crippen LogP contribution in [0.2, 0.25) is 0 Å². The number of urea groups is 1. The van der Waals surface area contributed by atoms with Crippen molar-refractivity contribution in [1.29, 1.82) is 0 Å². The fourth-order valence-electron chi connectivity index (χ4n) is 1.76. The van der Waals surface area contributed by atoms with Gasteiger partial charge in [-0.25, -0.2) is 4.79 Å². The number of rotatable bonds is 4. The number of nitrogens with one attached hydrogen (secondary N) is 2. The zero-order chi connectivity index (χ0) is 14.7. The molecule has 0 aliphatic carbocycles. The van der Waals surface area contributed by atoms with Gasteiger partial charge in [0.25, 0.3) is 5.91 Å². The van der Waals surface area contributed by atoms with Crippen LogP contribution in [0, 0.1) is 4.91 Å². The molecule has 3 amide bonds. The summed E-state index contributed by atoms with van der Waals surface area (Å²) < 4.78 is 0. The van der Waals surface area contributed by atoms with Gasteiger partial charge in [0.15, 0.2) is 0 Å². The summed E-state index contributed by atoms with van der Waals surface area (Å²) in [7, 11) is 0. The van der Waals surface area contributed by atoms with Crippen LogP contribution in [0.25, 0.3) is 11.3 Å². The third kappa shape index (κ3) is 2.64. The second kappa shape index (κ2) is 5.22. The van der Waals surface area contributed by atoms with E-state index in [1.54, 1.807) is 12.1 Å². The average molecular weight is 273 g/mol. The molecule has 0 aliphatic rings. The van der Waals surface area contributed by atoms with Gasteiger partial charge in [0, 0.05) is 11.3 Å². The molecule has 1 aromatic carbocycles. The summed E-state index contributed by atoms with van der Waals surface area (Å²) in [5.74, 6) is -0.620. The molecule has 102 valence electrons. The van der Waals surface area contributed by atoms with Crippen molar-refractivity contribution in [1.82, 2.24) is 4.98 Å². The van der Waals surface area contributed by atoms with E-state index >= 15 is 0 Å². The first-order chi connectivity index (χ1) is 9.51. The first-order valence-corrected chi connectivity index (χ1v) is 5.54. The van der Waals surface area contributed by atoms with Crippen LogP contribution in [0.5, 0.6) is 0 Å². The van der Waals surface area contributed by atoms with Crippen molar-refractivity contribution in [3.8, 4) is 11.3 Å². The first-order valence-electron chi connectivity index (χ1n) is 5.54. The molecule has 20 heavy (non-hydrogen) atoms. The van der Waals surface area contributed by atoms with Crippen molar-refractivity contribution in [2.75, 3.05) is 5.32 Å². The molecule has 0 spiro atoms. The minimum absolute atomic E-state index is 0.0864. The highest BCUT2D eigenvalue weighted by atomic mass is 16.3. The summed E-state index contributed by atoms with van der Waals surface area (Å²) >= 11 is 0. The molecule has 0 fully saturated rings. The lowest BCUT2D eigenvalue weighted by atomic mass is 10.1. The van der Waals surface area contributed by atoms with Crippen LogP contribution < -0.4 is 16.8 Å². The standard InChI is InChI=1S/C12H11N5O3/c13-10(18)8-5-9(15-11(8)16-12(14)19)6-2-1-3-7(4-6)17-20/h1-5,15H,(H2,13,18)(H3,14,16,19). The van der Waals surface area contributed by atoms with Gasteiger partial charge in [0.05, 0.1) is 5.56 Å². The van der Waals surface area contributed by atoms with Gasteiger partial charge in [-0.1, -0.05) is 12.1 Å². The minimum Gasteiger partial charge on any atom is -0.365 e. The number of hydrogen-bond donors (Lipinski definition) is 4. The van der Waals surface area contributed by atoms with Crippen molar-refractivity contribution in [2.24, 2.45) is 16.6 Å². The van der Waals surface area contributed by atoms with Crippen LogP contribution in [-0.2, 0) is 0 Å². The van der Waals surface area contributed by atoms with E-state index in [0.717, 1.165) is 0 Å². The molecule has 0 unspecified atom stereocenters. The number of H-pyrrole nitrogens is 1. The summed E-state index contributed by atoms with van der Waals surface area (Å²) in [6, 6.07) is 7.04. The summed E-state index contributed by atoms with van der Waals surface area (Å²) in [4.78, 5) is 35.5. The fourth-order valence-corrected chi connectivity index (χ4v) is 1.76. The maximum Gasteiger partial charge on any atom is 0.317 e. The molecule has 0 saturated heterocycles. The number of aromatic nitrogens is 1. The number of primary amides is 2. The maximum absolute atomic E-state index is 11.3. The molecule has 0 bridgehead atoms. The largest absolute Gasteiger partial charge is 0.365 e. The molecular weight excluding hydrogens is 262 g/mol. The molecule has 8 heteroatoms. The number of carbonyl (C=O) groups excluding carboxylic acids is 2. The predicted octanol–water partition coefficient (Wildman–Crippen LogP) is 1.67. The molecule has 6 N–H and O–H groups in total. The molecular formula is C12H11N5O3. The molecule has 0 atom stereocenters. The zero-order valence-electron chi connectivity index (χ0n) is 10.2. The highest BCUT2D eigenvalue weighted by molar-refractivity contribution is 6.03. The Kier molecular flexibility index (Phi) is 3.47. The van der Waals surface area contributed by atoms with E-state index < -0.39 is 11.9 Å². The van der Waals surface area contributed by atoms with Crippen molar-refractivity contribution in [3.63, 3.8) is 0 Å². The maximum atomic E-state index is 11.3. The molecule has 2 aromatic rings. The van der Waals surface area contributed by atoms with E-state index in [2.05, 4.69) is 15.5 Å². The molecule has 1 aromatic heterocycles. The van der Waals surface area contributed by atoms with Crippen molar-refractivity contribution >= 4 is 23.4 Å². The second-order valence-electron chi connectivity index (χ2n) is 3.97. The number of benzene rings is 1. The number of amides is 3. The van der Waals surface area contributed by atoms with Gasteiger partial charge in [0.2, 0.25) is 0 Å². The van der Waals surface area contributed by atoms with Gasteiger partial charge < -0.3 is 16.5 Å². The Labute approximate surface area is 113 Å². The Morgan fingerprint density at radius 3 is 2.55 bits per heavy atom. The monoisotopic (exact) mass is 273 g/mol. The van der Waals surface area contributed by atoms with E-state index in [4.69, 9.17) is 11.5 Å². The smallest absolute Gasteiger partial charge is 0.317 e. The number of nitrogens with zero attached hydrogens (tertiary/aromatic N) is 1. The predicted molar refractivity (Wildman–Crippen MR) is 73.4 cm³/mol. The van der Waals surface area contributed by atoms with Crippen molar-refractivity contribution in [2.45, 2.75) is 0 Å². The number of anilines is 1. The third-order valence-electron chi connectivity index (χ3n) is 2.59. The molecule has 0 saturated carbocycles. The number of aromatic amines is 1. The normalized spacial score (nSPS) is 10.0. The lowest BCUT2D eigenvalue weighted by Gasteiger charge is -2.00. The Hall–Kier alpha value is -3.16. The van der Waals surface area contributed by atoms with Crippen LogP contribution in [0.1, 0.15) is 10.4 Å². The molecule has 2 rings (SSSR count). The van der Waals surface area contributed by atoms with Gasteiger partial charge in [-0.05, 0) is 23.4 Å². The highest BCUT2D eigenvalue weighted by Gasteiger charge is 2.15. The first kappa shape index (κ1) is 13.3. The SMILES string of the molecule is NC(=O)Nc1[nH]c(-c2cccc(N=O)c2)cc1C(N)=O. The van der Waals surface area contributed by atoms with E-state index in [9.17, 15) is 14.5 Å². The van der Waals surface area contributed by atoms with Gasteiger partial charge in [-0.2, -0.15) is 0 Å². The van der Waals surface area contributed by atoms with Gasteiger partial charge in [0.1, 0.15) is 11.5 Å². The number of nitroso groups, excluding NO2 is 1. The van der Waals surface area contributed by atoms with Crippen molar-refractivity contribution < 1.29 is 9.59 Å². The van der Waals surface area contributed by atoms with Crippen LogP contribution in [-0.4, -0.2) is 16.9 Å². The lowest BCUT2D eigenvalue weighted by molar-refractivity contribution is 0.100. The van der Waals surface area contributed by atoms with Crippen LogP contribution >= 0.6 is 0 Å². The van der Waals surface area contributed by atoms with Crippen LogP contribution in [0.3, 0.4) is 0 Å². The molecule has 8 nitrogen and oxygen atoms in total.